The van der Waals surface area contributed by atoms with E-state index in [0.29, 0.717) is 13.0 Å². The summed E-state index contributed by atoms with van der Waals surface area (Å²) >= 11 is 0. The summed E-state index contributed by atoms with van der Waals surface area (Å²) < 4.78 is 5.80. The van der Waals surface area contributed by atoms with Gasteiger partial charge in [0.15, 0.2) is 0 Å². The molecule has 156 valence electrons. The maximum absolute atomic E-state index is 12.6. The number of anilines is 1. The highest BCUT2D eigenvalue weighted by atomic mass is 16.5. The molecule has 1 fully saturated rings. The zero-order valence-electron chi connectivity index (χ0n) is 18.5. The average molecular weight is 395 g/mol. The van der Waals surface area contributed by atoms with Crippen molar-refractivity contribution in [1.82, 2.24) is 4.90 Å². The molecule has 3 rings (SSSR count). The minimum atomic E-state index is 0.133. The molecular weight excluding hydrogens is 360 g/mol. The van der Waals surface area contributed by atoms with E-state index >= 15 is 0 Å². The summed E-state index contributed by atoms with van der Waals surface area (Å²) in [5.74, 6) is 1.00. The zero-order valence-corrected chi connectivity index (χ0v) is 18.5. The lowest BCUT2D eigenvalue weighted by atomic mass is 9.87. The molecular formula is C25H34N2O2. The number of carbonyl (C=O) groups excluding carboxylic acids is 1. The van der Waals surface area contributed by atoms with Crippen LogP contribution in [0, 0.1) is 13.8 Å². The number of rotatable bonds is 5. The molecule has 0 unspecified atom stereocenters. The molecule has 0 spiro atoms. The molecule has 29 heavy (non-hydrogen) atoms. The van der Waals surface area contributed by atoms with E-state index in [1.165, 1.54) is 22.4 Å². The highest BCUT2D eigenvalue weighted by Crippen LogP contribution is 2.25. The Morgan fingerprint density at radius 3 is 2.24 bits per heavy atom. The lowest BCUT2D eigenvalue weighted by Gasteiger charge is -2.37. The fourth-order valence-electron chi connectivity index (χ4n) is 3.74. The van der Waals surface area contributed by atoms with Gasteiger partial charge in [-0.05, 0) is 54.2 Å². The molecule has 0 atom stereocenters. The van der Waals surface area contributed by atoms with Gasteiger partial charge in [0.05, 0.1) is 13.0 Å². The topological polar surface area (TPSA) is 32.8 Å². The van der Waals surface area contributed by atoms with E-state index in [1.54, 1.807) is 0 Å². The van der Waals surface area contributed by atoms with Crippen molar-refractivity contribution in [3.8, 4) is 5.75 Å². The molecule has 0 N–H and O–H groups in total. The highest BCUT2D eigenvalue weighted by molar-refractivity contribution is 5.76. The van der Waals surface area contributed by atoms with Crippen molar-refractivity contribution in [3.63, 3.8) is 0 Å². The second-order valence-electron chi connectivity index (χ2n) is 8.96. The molecule has 1 saturated heterocycles. The predicted octanol–water partition coefficient (Wildman–Crippen LogP) is 4.72. The summed E-state index contributed by atoms with van der Waals surface area (Å²) in [6.07, 6.45) is 0.421. The van der Waals surface area contributed by atoms with Gasteiger partial charge in [-0.1, -0.05) is 45.0 Å². The Balaban J connectivity index is 1.45. The Hall–Kier alpha value is -2.49. The van der Waals surface area contributed by atoms with Gasteiger partial charge in [0.2, 0.25) is 5.91 Å². The summed E-state index contributed by atoms with van der Waals surface area (Å²) in [5, 5.41) is 0. The summed E-state index contributed by atoms with van der Waals surface area (Å²) in [6, 6.07) is 14.6. The van der Waals surface area contributed by atoms with Crippen LogP contribution in [0.2, 0.25) is 0 Å². The van der Waals surface area contributed by atoms with Crippen molar-refractivity contribution in [3.05, 3.63) is 59.2 Å². The van der Waals surface area contributed by atoms with E-state index in [4.69, 9.17) is 4.74 Å². The second-order valence-corrected chi connectivity index (χ2v) is 8.96. The number of hydrogen-bond donors (Lipinski definition) is 0. The van der Waals surface area contributed by atoms with Crippen molar-refractivity contribution in [2.45, 2.75) is 46.5 Å². The molecule has 1 heterocycles. The van der Waals surface area contributed by atoms with Gasteiger partial charge in [-0.25, -0.2) is 0 Å². The lowest BCUT2D eigenvalue weighted by molar-refractivity contribution is -0.132. The van der Waals surface area contributed by atoms with Gasteiger partial charge >= 0.3 is 0 Å². The number of piperazine rings is 1. The van der Waals surface area contributed by atoms with Crippen LogP contribution in [0.1, 0.15) is 43.9 Å². The molecule has 1 aliphatic heterocycles. The van der Waals surface area contributed by atoms with Crippen LogP contribution in [-0.2, 0) is 10.2 Å². The van der Waals surface area contributed by atoms with Crippen LogP contribution in [0.5, 0.6) is 5.75 Å². The van der Waals surface area contributed by atoms with Gasteiger partial charge in [-0.15, -0.1) is 0 Å². The van der Waals surface area contributed by atoms with Gasteiger partial charge < -0.3 is 14.5 Å². The largest absolute Gasteiger partial charge is 0.493 e. The number of amides is 1. The molecule has 1 aliphatic rings. The molecule has 4 nitrogen and oxygen atoms in total. The summed E-state index contributed by atoms with van der Waals surface area (Å²) in [4.78, 5) is 16.9. The smallest absolute Gasteiger partial charge is 0.226 e. The van der Waals surface area contributed by atoms with Gasteiger partial charge in [0, 0.05) is 31.9 Å². The van der Waals surface area contributed by atoms with E-state index < -0.39 is 0 Å². The third kappa shape index (κ3) is 5.31. The SMILES string of the molecule is Cc1cccc(N2CCN(C(=O)CCOc3ccc(C(C)(C)C)cc3)CC2)c1C. The second kappa shape index (κ2) is 8.89. The minimum absolute atomic E-state index is 0.133. The van der Waals surface area contributed by atoms with Crippen LogP contribution in [0.25, 0.3) is 0 Å². The Bertz CT molecular complexity index is 829. The molecule has 2 aromatic carbocycles. The first kappa shape index (κ1) is 21.2. The number of nitrogens with zero attached hydrogens (tertiary/aromatic N) is 2. The number of ether oxygens (including phenoxy) is 1. The number of benzene rings is 2. The van der Waals surface area contributed by atoms with Crippen LogP contribution in [-0.4, -0.2) is 43.6 Å². The van der Waals surface area contributed by atoms with E-state index in [-0.39, 0.29) is 11.3 Å². The summed E-state index contributed by atoms with van der Waals surface area (Å²) in [6.45, 7) is 14.6. The van der Waals surface area contributed by atoms with Crippen molar-refractivity contribution in [1.29, 1.82) is 0 Å². The van der Waals surface area contributed by atoms with Crippen molar-refractivity contribution < 1.29 is 9.53 Å². The van der Waals surface area contributed by atoms with Crippen LogP contribution >= 0.6 is 0 Å². The van der Waals surface area contributed by atoms with E-state index in [9.17, 15) is 4.79 Å². The molecule has 1 amide bonds. The van der Waals surface area contributed by atoms with Crippen LogP contribution in [0.15, 0.2) is 42.5 Å². The maximum atomic E-state index is 12.6. The molecule has 4 heteroatoms. The Morgan fingerprint density at radius 1 is 0.966 bits per heavy atom. The molecule has 0 aromatic heterocycles. The monoisotopic (exact) mass is 394 g/mol. The zero-order chi connectivity index (χ0) is 21.0. The first-order valence-electron chi connectivity index (χ1n) is 10.6. The first-order valence-corrected chi connectivity index (χ1v) is 10.6. The quantitative estimate of drug-likeness (QED) is 0.736. The number of carbonyl (C=O) groups is 1. The van der Waals surface area contributed by atoms with Crippen molar-refractivity contribution in [2.75, 3.05) is 37.7 Å². The average Bonchev–Trinajstić information content (AvgIpc) is 2.70. The molecule has 0 radical (unpaired) electrons. The number of aryl methyl sites for hydroxylation is 1. The normalized spacial score (nSPS) is 14.8. The van der Waals surface area contributed by atoms with Crippen molar-refractivity contribution in [2.24, 2.45) is 0 Å². The third-order valence-electron chi connectivity index (χ3n) is 5.85. The van der Waals surface area contributed by atoms with Crippen molar-refractivity contribution >= 4 is 11.6 Å². The highest BCUT2D eigenvalue weighted by Gasteiger charge is 2.22. The molecule has 0 saturated carbocycles. The molecule has 0 aliphatic carbocycles. The predicted molar refractivity (Wildman–Crippen MR) is 120 cm³/mol. The Labute approximate surface area is 175 Å². The van der Waals surface area contributed by atoms with Gasteiger partial charge in [0.25, 0.3) is 0 Å². The molecule has 0 bridgehead atoms. The minimum Gasteiger partial charge on any atom is -0.493 e. The van der Waals surface area contributed by atoms with E-state index in [0.717, 1.165) is 31.9 Å². The lowest BCUT2D eigenvalue weighted by Crippen LogP contribution is -2.49. The van der Waals surface area contributed by atoms with Gasteiger partial charge in [0.1, 0.15) is 5.75 Å². The maximum Gasteiger partial charge on any atom is 0.226 e. The van der Waals surface area contributed by atoms with Crippen LogP contribution in [0.4, 0.5) is 5.69 Å². The first-order chi connectivity index (χ1) is 13.8. The van der Waals surface area contributed by atoms with Crippen LogP contribution in [0.3, 0.4) is 0 Å². The summed E-state index contributed by atoms with van der Waals surface area (Å²) in [7, 11) is 0. The fourth-order valence-corrected chi connectivity index (χ4v) is 3.74. The third-order valence-corrected chi connectivity index (χ3v) is 5.85. The fraction of sp³-hybridized carbons (Fsp3) is 0.480. The van der Waals surface area contributed by atoms with E-state index in [2.05, 4.69) is 69.9 Å². The van der Waals surface area contributed by atoms with Gasteiger partial charge in [-0.3, -0.25) is 4.79 Å². The Kier molecular flexibility index (Phi) is 6.51. The van der Waals surface area contributed by atoms with E-state index in [1.807, 2.05) is 17.0 Å². The summed E-state index contributed by atoms with van der Waals surface area (Å²) in [5.41, 5.74) is 5.35. The number of hydrogen-bond acceptors (Lipinski definition) is 3. The standard InChI is InChI=1S/C25H34N2O2/c1-19-7-6-8-23(20(19)2)26-14-16-27(17-15-26)24(28)13-18-29-22-11-9-21(10-12-22)25(3,4)5/h6-12H,13-18H2,1-5H3. The Morgan fingerprint density at radius 2 is 1.62 bits per heavy atom. The van der Waals surface area contributed by atoms with Crippen LogP contribution < -0.4 is 9.64 Å². The molecule has 2 aromatic rings. The van der Waals surface area contributed by atoms with Gasteiger partial charge in [-0.2, -0.15) is 0 Å².